The van der Waals surface area contributed by atoms with E-state index in [0.29, 0.717) is 18.3 Å². The number of hydrogen-bond acceptors (Lipinski definition) is 3. The first kappa shape index (κ1) is 16.6. The van der Waals surface area contributed by atoms with Crippen molar-refractivity contribution in [1.82, 2.24) is 10.2 Å². The van der Waals surface area contributed by atoms with E-state index in [1.165, 1.54) is 5.56 Å². The highest BCUT2D eigenvalue weighted by atomic mass is 16.5. The highest BCUT2D eigenvalue weighted by molar-refractivity contribution is 5.83. The second kappa shape index (κ2) is 7.16. The smallest absolute Gasteiger partial charge is 0.224 e. The van der Waals surface area contributed by atoms with Gasteiger partial charge >= 0.3 is 0 Å². The van der Waals surface area contributed by atoms with Crippen LogP contribution in [0, 0.1) is 17.8 Å². The summed E-state index contributed by atoms with van der Waals surface area (Å²) in [6.07, 6.45) is 3.08. The molecular formula is C20H26N2O3. The van der Waals surface area contributed by atoms with Crippen molar-refractivity contribution in [3.8, 4) is 0 Å². The first-order valence-electron chi connectivity index (χ1n) is 9.42. The van der Waals surface area contributed by atoms with Gasteiger partial charge in [0.25, 0.3) is 0 Å². The van der Waals surface area contributed by atoms with Gasteiger partial charge in [-0.05, 0) is 36.7 Å². The van der Waals surface area contributed by atoms with Crippen molar-refractivity contribution in [1.29, 1.82) is 0 Å². The summed E-state index contributed by atoms with van der Waals surface area (Å²) in [5, 5.41) is 3.19. The fraction of sp³-hybridized carbons (Fsp3) is 0.600. The van der Waals surface area contributed by atoms with Crippen LogP contribution in [0.3, 0.4) is 0 Å². The number of nitrogens with zero attached hydrogens (tertiary/aromatic N) is 1. The second-order valence-electron chi connectivity index (χ2n) is 7.54. The molecule has 5 heteroatoms. The number of carbonyl (C=O) groups is 2. The Bertz CT molecular complexity index is 615. The fourth-order valence-electron chi connectivity index (χ4n) is 4.25. The van der Waals surface area contributed by atoms with E-state index in [1.807, 2.05) is 23.1 Å². The Hall–Kier alpha value is -1.88. The van der Waals surface area contributed by atoms with Crippen molar-refractivity contribution in [2.75, 3.05) is 26.3 Å². The zero-order chi connectivity index (χ0) is 17.2. The molecule has 2 aliphatic heterocycles. The van der Waals surface area contributed by atoms with E-state index in [-0.39, 0.29) is 23.8 Å². The number of hydrogen-bond donors (Lipinski definition) is 1. The molecule has 3 atom stereocenters. The molecule has 2 saturated heterocycles. The van der Waals surface area contributed by atoms with Crippen molar-refractivity contribution < 1.29 is 14.3 Å². The van der Waals surface area contributed by atoms with Gasteiger partial charge in [-0.2, -0.15) is 0 Å². The third-order valence-electron chi connectivity index (χ3n) is 5.92. The summed E-state index contributed by atoms with van der Waals surface area (Å²) in [5.41, 5.74) is 1.21. The lowest BCUT2D eigenvalue weighted by Gasteiger charge is -2.32. The summed E-state index contributed by atoms with van der Waals surface area (Å²) in [5.74, 6) is 1.52. The summed E-state index contributed by atoms with van der Waals surface area (Å²) >= 11 is 0. The summed E-state index contributed by atoms with van der Waals surface area (Å²) < 4.78 is 5.35. The van der Waals surface area contributed by atoms with Gasteiger partial charge in [0.2, 0.25) is 11.8 Å². The van der Waals surface area contributed by atoms with Crippen LogP contribution in [0.5, 0.6) is 0 Å². The van der Waals surface area contributed by atoms with Gasteiger partial charge in [0.1, 0.15) is 0 Å². The Labute approximate surface area is 148 Å². The van der Waals surface area contributed by atoms with Crippen molar-refractivity contribution in [2.24, 2.45) is 17.8 Å². The van der Waals surface area contributed by atoms with Crippen LogP contribution in [-0.4, -0.2) is 49.1 Å². The van der Waals surface area contributed by atoms with Crippen molar-refractivity contribution in [3.05, 3.63) is 35.9 Å². The Morgan fingerprint density at radius 1 is 1.08 bits per heavy atom. The molecule has 1 aliphatic carbocycles. The van der Waals surface area contributed by atoms with Crippen LogP contribution in [0.1, 0.15) is 24.8 Å². The molecule has 3 fully saturated rings. The Balaban J connectivity index is 1.18. The van der Waals surface area contributed by atoms with Crippen molar-refractivity contribution in [2.45, 2.75) is 31.7 Å². The number of benzene rings is 1. The average molecular weight is 342 g/mol. The first-order valence-corrected chi connectivity index (χ1v) is 9.42. The van der Waals surface area contributed by atoms with E-state index in [2.05, 4.69) is 17.4 Å². The lowest BCUT2D eigenvalue weighted by Crippen LogP contribution is -2.47. The molecule has 2 heterocycles. The molecule has 0 aromatic heterocycles. The van der Waals surface area contributed by atoms with Gasteiger partial charge in [-0.15, -0.1) is 0 Å². The van der Waals surface area contributed by atoms with Crippen molar-refractivity contribution >= 4 is 11.8 Å². The second-order valence-corrected chi connectivity index (χ2v) is 7.54. The first-order chi connectivity index (χ1) is 12.2. The number of carbonyl (C=O) groups excluding carboxylic acids is 2. The molecule has 134 valence electrons. The van der Waals surface area contributed by atoms with Gasteiger partial charge in [-0.1, -0.05) is 30.3 Å². The summed E-state index contributed by atoms with van der Waals surface area (Å²) in [7, 11) is 0. The molecule has 1 unspecified atom stereocenters. The van der Waals surface area contributed by atoms with Gasteiger partial charge in [-0.3, -0.25) is 9.59 Å². The van der Waals surface area contributed by atoms with Gasteiger partial charge < -0.3 is 15.0 Å². The van der Waals surface area contributed by atoms with Crippen LogP contribution in [0.2, 0.25) is 0 Å². The minimum absolute atomic E-state index is 0.180. The van der Waals surface area contributed by atoms with Crippen LogP contribution in [0.4, 0.5) is 0 Å². The van der Waals surface area contributed by atoms with Gasteiger partial charge in [0.15, 0.2) is 0 Å². The molecule has 4 rings (SSSR count). The SMILES string of the molecule is O=C(NC1CCN(C(=O)CCc2ccccc2)CC1)C1[C@H]2COC[C@@H]12. The van der Waals surface area contributed by atoms with E-state index < -0.39 is 0 Å². The number of amides is 2. The number of likely N-dealkylation sites (tertiary alicyclic amines) is 1. The van der Waals surface area contributed by atoms with Gasteiger partial charge in [-0.25, -0.2) is 0 Å². The number of ether oxygens (including phenoxy) is 1. The predicted octanol–water partition coefficient (Wildman–Crippen LogP) is 1.62. The molecule has 1 saturated carbocycles. The Morgan fingerprint density at radius 3 is 2.44 bits per heavy atom. The molecule has 3 aliphatic rings. The van der Waals surface area contributed by atoms with Crippen LogP contribution >= 0.6 is 0 Å². The molecule has 25 heavy (non-hydrogen) atoms. The Morgan fingerprint density at radius 2 is 1.76 bits per heavy atom. The monoisotopic (exact) mass is 342 g/mol. The van der Waals surface area contributed by atoms with Crippen LogP contribution in [0.25, 0.3) is 0 Å². The molecule has 5 nitrogen and oxygen atoms in total. The molecule has 0 spiro atoms. The van der Waals surface area contributed by atoms with E-state index in [0.717, 1.165) is 45.6 Å². The minimum Gasteiger partial charge on any atom is -0.381 e. The zero-order valence-electron chi connectivity index (χ0n) is 14.5. The Kier molecular flexibility index (Phi) is 4.75. The molecule has 2 amide bonds. The zero-order valence-corrected chi connectivity index (χ0v) is 14.5. The lowest BCUT2D eigenvalue weighted by atomic mass is 10.0. The average Bonchev–Trinajstić information content (AvgIpc) is 3.14. The number of fused-ring (bicyclic) bond motifs is 1. The molecule has 0 bridgehead atoms. The van der Waals surface area contributed by atoms with E-state index >= 15 is 0 Å². The molecule has 1 aromatic carbocycles. The van der Waals surface area contributed by atoms with E-state index in [9.17, 15) is 9.59 Å². The fourth-order valence-corrected chi connectivity index (χ4v) is 4.25. The molecule has 1 N–H and O–H groups in total. The standard InChI is InChI=1S/C20H26N2O3/c23-18(7-6-14-4-2-1-3-5-14)22-10-8-15(9-11-22)21-20(24)19-16-12-25-13-17(16)19/h1-5,15-17,19H,6-13H2,(H,21,24)/t16-,17+,19?. The highest BCUT2D eigenvalue weighted by Gasteiger charge is 2.58. The number of piperidine rings is 1. The summed E-state index contributed by atoms with van der Waals surface area (Å²) in [4.78, 5) is 26.6. The number of nitrogens with one attached hydrogen (secondary N) is 1. The largest absolute Gasteiger partial charge is 0.381 e. The molecule has 0 radical (unpaired) electrons. The van der Waals surface area contributed by atoms with Gasteiger partial charge in [0, 0.05) is 31.5 Å². The van der Waals surface area contributed by atoms with Crippen LogP contribution in [0.15, 0.2) is 30.3 Å². The summed E-state index contributed by atoms with van der Waals surface area (Å²) in [6, 6.07) is 10.3. The topological polar surface area (TPSA) is 58.6 Å². The van der Waals surface area contributed by atoms with Crippen molar-refractivity contribution in [3.63, 3.8) is 0 Å². The van der Waals surface area contributed by atoms with E-state index in [4.69, 9.17) is 4.74 Å². The third kappa shape index (κ3) is 3.71. The number of aryl methyl sites for hydroxylation is 1. The lowest BCUT2D eigenvalue weighted by molar-refractivity contribution is -0.132. The highest BCUT2D eigenvalue weighted by Crippen LogP contribution is 2.50. The molecule has 1 aromatic rings. The maximum Gasteiger partial charge on any atom is 0.224 e. The normalized spacial score (nSPS) is 28.5. The quantitative estimate of drug-likeness (QED) is 0.885. The van der Waals surface area contributed by atoms with E-state index in [1.54, 1.807) is 0 Å². The number of rotatable bonds is 5. The molecular weight excluding hydrogens is 316 g/mol. The van der Waals surface area contributed by atoms with Crippen LogP contribution < -0.4 is 5.32 Å². The predicted molar refractivity (Wildman–Crippen MR) is 93.8 cm³/mol. The minimum atomic E-state index is 0.180. The maximum atomic E-state index is 12.4. The maximum absolute atomic E-state index is 12.4. The van der Waals surface area contributed by atoms with Crippen LogP contribution in [-0.2, 0) is 20.7 Å². The van der Waals surface area contributed by atoms with Gasteiger partial charge in [0.05, 0.1) is 13.2 Å². The third-order valence-corrected chi connectivity index (χ3v) is 5.92. The summed E-state index contributed by atoms with van der Waals surface area (Å²) in [6.45, 7) is 2.99.